The second-order valence-electron chi connectivity index (χ2n) is 6.44. The summed E-state index contributed by atoms with van der Waals surface area (Å²) in [4.78, 5) is 12.3. The average Bonchev–Trinajstić information content (AvgIpc) is 2.69. The van der Waals surface area contributed by atoms with Crippen molar-refractivity contribution < 1.29 is 22.3 Å². The summed E-state index contributed by atoms with van der Waals surface area (Å²) in [6.45, 7) is 0.353. The van der Waals surface area contributed by atoms with Crippen LogP contribution in [-0.4, -0.2) is 38.8 Å². The van der Waals surface area contributed by atoms with Gasteiger partial charge in [0.15, 0.2) is 0 Å². The van der Waals surface area contributed by atoms with Crippen LogP contribution in [0.3, 0.4) is 0 Å². The predicted molar refractivity (Wildman–Crippen MR) is 107 cm³/mol. The summed E-state index contributed by atoms with van der Waals surface area (Å²) in [6.07, 6.45) is 0.764. The number of piperidine rings is 1. The van der Waals surface area contributed by atoms with Crippen LogP contribution in [0.15, 0.2) is 51.8 Å². The van der Waals surface area contributed by atoms with Gasteiger partial charge < -0.3 is 10.1 Å². The van der Waals surface area contributed by atoms with Crippen LogP contribution >= 0.6 is 15.9 Å². The molecule has 9 heteroatoms. The molecule has 1 saturated heterocycles. The zero-order valence-electron chi connectivity index (χ0n) is 15.2. The van der Waals surface area contributed by atoms with E-state index in [1.54, 1.807) is 6.07 Å². The number of anilines is 1. The molecule has 0 bridgehead atoms. The van der Waals surface area contributed by atoms with Crippen LogP contribution in [0.5, 0.6) is 5.75 Å². The fraction of sp³-hybridized carbons (Fsp3) is 0.316. The number of ether oxygens (including phenoxy) is 1. The molecule has 0 spiro atoms. The molecule has 0 aromatic heterocycles. The largest absolute Gasteiger partial charge is 0.495 e. The van der Waals surface area contributed by atoms with E-state index in [4.69, 9.17) is 4.74 Å². The Bertz CT molecular complexity index is 976. The highest BCUT2D eigenvalue weighted by molar-refractivity contribution is 9.10. The first-order valence-corrected chi connectivity index (χ1v) is 11.0. The molecule has 1 amide bonds. The number of benzene rings is 2. The van der Waals surface area contributed by atoms with Crippen LogP contribution in [-0.2, 0) is 14.8 Å². The fourth-order valence-electron chi connectivity index (χ4n) is 3.15. The summed E-state index contributed by atoms with van der Waals surface area (Å²) in [5.74, 6) is -1.00. The SMILES string of the molecule is COc1ccc(F)cc1S(=O)(=O)N1CCC(C(=O)Nc2ccccc2Br)CC1. The smallest absolute Gasteiger partial charge is 0.246 e. The second kappa shape index (κ2) is 8.59. The minimum Gasteiger partial charge on any atom is -0.495 e. The summed E-state index contributed by atoms with van der Waals surface area (Å²) in [5, 5.41) is 2.87. The lowest BCUT2D eigenvalue weighted by atomic mass is 9.97. The summed E-state index contributed by atoms with van der Waals surface area (Å²) in [6, 6.07) is 10.7. The van der Waals surface area contributed by atoms with Crippen molar-refractivity contribution in [2.24, 2.45) is 5.92 Å². The predicted octanol–water partition coefficient (Wildman–Crippen LogP) is 3.64. The van der Waals surface area contributed by atoms with E-state index in [2.05, 4.69) is 21.2 Å². The van der Waals surface area contributed by atoms with Crippen LogP contribution in [0.1, 0.15) is 12.8 Å². The number of nitrogens with one attached hydrogen (secondary N) is 1. The van der Waals surface area contributed by atoms with Gasteiger partial charge in [-0.05, 0) is 59.1 Å². The van der Waals surface area contributed by atoms with Crippen LogP contribution in [0.2, 0.25) is 0 Å². The molecule has 1 fully saturated rings. The number of nitrogens with zero attached hydrogens (tertiary/aromatic N) is 1. The first kappa shape index (κ1) is 20.8. The summed E-state index contributed by atoms with van der Waals surface area (Å²) < 4.78 is 46.5. The second-order valence-corrected chi connectivity index (χ2v) is 9.20. The third-order valence-electron chi connectivity index (χ3n) is 4.70. The molecule has 1 aliphatic rings. The maximum Gasteiger partial charge on any atom is 0.246 e. The van der Waals surface area contributed by atoms with Crippen LogP contribution in [0.4, 0.5) is 10.1 Å². The van der Waals surface area contributed by atoms with Gasteiger partial charge in [-0.2, -0.15) is 4.31 Å². The van der Waals surface area contributed by atoms with Crippen LogP contribution < -0.4 is 10.1 Å². The van der Waals surface area contributed by atoms with Gasteiger partial charge in [-0.25, -0.2) is 12.8 Å². The standard InChI is InChI=1S/C19H20BrFN2O4S/c1-27-17-7-6-14(21)12-18(17)28(25,26)23-10-8-13(9-11-23)19(24)22-16-5-3-2-4-15(16)20/h2-7,12-13H,8-11H2,1H3,(H,22,24). The minimum absolute atomic E-state index is 0.0928. The number of carbonyl (C=O) groups excluding carboxylic acids is 1. The zero-order chi connectivity index (χ0) is 20.3. The van der Waals surface area contributed by atoms with Gasteiger partial charge in [-0.1, -0.05) is 12.1 Å². The van der Waals surface area contributed by atoms with Gasteiger partial charge in [0, 0.05) is 23.5 Å². The Labute approximate surface area is 171 Å². The molecular weight excluding hydrogens is 451 g/mol. The highest BCUT2D eigenvalue weighted by Gasteiger charge is 2.34. The number of rotatable bonds is 5. The number of halogens is 2. The molecule has 2 aromatic carbocycles. The molecule has 0 saturated carbocycles. The first-order chi connectivity index (χ1) is 13.3. The molecule has 0 aliphatic carbocycles. The van der Waals surface area contributed by atoms with Crippen molar-refractivity contribution in [3.8, 4) is 5.75 Å². The Balaban J connectivity index is 1.69. The quantitative estimate of drug-likeness (QED) is 0.723. The molecule has 0 atom stereocenters. The third-order valence-corrected chi connectivity index (χ3v) is 7.31. The molecule has 3 rings (SSSR count). The molecule has 1 N–H and O–H groups in total. The van der Waals surface area contributed by atoms with Crippen molar-refractivity contribution in [3.05, 3.63) is 52.8 Å². The molecule has 1 aliphatic heterocycles. The van der Waals surface area contributed by atoms with E-state index in [1.165, 1.54) is 17.5 Å². The highest BCUT2D eigenvalue weighted by Crippen LogP contribution is 2.31. The Hall–Kier alpha value is -1.97. The number of para-hydroxylation sites is 1. The van der Waals surface area contributed by atoms with E-state index in [-0.39, 0.29) is 35.6 Å². The molecule has 150 valence electrons. The summed E-state index contributed by atoms with van der Waals surface area (Å²) in [5.41, 5.74) is 0.673. The van der Waals surface area contributed by atoms with Gasteiger partial charge in [0.05, 0.1) is 12.8 Å². The Morgan fingerprint density at radius 3 is 2.54 bits per heavy atom. The van der Waals surface area contributed by atoms with Gasteiger partial charge in [-0.15, -0.1) is 0 Å². The lowest BCUT2D eigenvalue weighted by Crippen LogP contribution is -2.41. The van der Waals surface area contributed by atoms with Crippen molar-refractivity contribution in [2.45, 2.75) is 17.7 Å². The number of amides is 1. The molecule has 2 aromatic rings. The number of hydrogen-bond acceptors (Lipinski definition) is 4. The van der Waals surface area contributed by atoms with Crippen molar-refractivity contribution >= 4 is 37.5 Å². The number of sulfonamides is 1. The molecule has 0 unspecified atom stereocenters. The Morgan fingerprint density at radius 2 is 1.89 bits per heavy atom. The lowest BCUT2D eigenvalue weighted by Gasteiger charge is -2.31. The molecule has 6 nitrogen and oxygen atoms in total. The minimum atomic E-state index is -3.91. The van der Waals surface area contributed by atoms with Gasteiger partial charge in [0.1, 0.15) is 16.5 Å². The Morgan fingerprint density at radius 1 is 1.21 bits per heavy atom. The van der Waals surface area contributed by atoms with Gasteiger partial charge in [0.25, 0.3) is 0 Å². The van der Waals surface area contributed by atoms with Crippen LogP contribution in [0.25, 0.3) is 0 Å². The van der Waals surface area contributed by atoms with Crippen molar-refractivity contribution in [2.75, 3.05) is 25.5 Å². The summed E-state index contributed by atoms with van der Waals surface area (Å²) >= 11 is 3.38. The summed E-state index contributed by atoms with van der Waals surface area (Å²) in [7, 11) is -2.58. The van der Waals surface area contributed by atoms with Crippen molar-refractivity contribution in [1.82, 2.24) is 4.31 Å². The molecule has 0 radical (unpaired) electrons. The normalized spacial score (nSPS) is 16.0. The monoisotopic (exact) mass is 470 g/mol. The molecule has 1 heterocycles. The van der Waals surface area contributed by atoms with Gasteiger partial charge in [0.2, 0.25) is 15.9 Å². The highest BCUT2D eigenvalue weighted by atomic mass is 79.9. The van der Waals surface area contributed by atoms with E-state index in [0.717, 1.165) is 16.6 Å². The lowest BCUT2D eigenvalue weighted by molar-refractivity contribution is -0.120. The van der Waals surface area contributed by atoms with Gasteiger partial charge >= 0.3 is 0 Å². The van der Waals surface area contributed by atoms with E-state index < -0.39 is 15.8 Å². The van der Waals surface area contributed by atoms with Crippen molar-refractivity contribution in [3.63, 3.8) is 0 Å². The van der Waals surface area contributed by atoms with Crippen LogP contribution in [0, 0.1) is 11.7 Å². The molecular formula is C19H20BrFN2O4S. The van der Waals surface area contributed by atoms with E-state index in [9.17, 15) is 17.6 Å². The average molecular weight is 471 g/mol. The maximum absolute atomic E-state index is 13.6. The van der Waals surface area contributed by atoms with E-state index in [1.807, 2.05) is 18.2 Å². The number of carbonyl (C=O) groups is 1. The topological polar surface area (TPSA) is 75.7 Å². The van der Waals surface area contributed by atoms with Gasteiger partial charge in [-0.3, -0.25) is 4.79 Å². The fourth-order valence-corrected chi connectivity index (χ4v) is 5.17. The van der Waals surface area contributed by atoms with E-state index in [0.29, 0.717) is 18.5 Å². The third kappa shape index (κ3) is 4.37. The first-order valence-electron chi connectivity index (χ1n) is 8.72. The zero-order valence-corrected chi connectivity index (χ0v) is 17.6. The maximum atomic E-state index is 13.6. The number of methoxy groups -OCH3 is 1. The Kier molecular flexibility index (Phi) is 6.36. The molecule has 28 heavy (non-hydrogen) atoms. The van der Waals surface area contributed by atoms with E-state index >= 15 is 0 Å². The van der Waals surface area contributed by atoms with Crippen molar-refractivity contribution in [1.29, 1.82) is 0 Å². The number of hydrogen-bond donors (Lipinski definition) is 1.